The number of benzene rings is 2. The van der Waals surface area contributed by atoms with Gasteiger partial charge in [-0.3, -0.25) is 0 Å². The summed E-state index contributed by atoms with van der Waals surface area (Å²) in [6.07, 6.45) is -1.14. The summed E-state index contributed by atoms with van der Waals surface area (Å²) < 4.78 is 36.4. The Morgan fingerprint density at radius 2 is 1.70 bits per heavy atom. The van der Waals surface area contributed by atoms with Crippen molar-refractivity contribution in [3.8, 4) is 11.5 Å². The fourth-order valence-corrected chi connectivity index (χ4v) is 1.92. The standard InChI is InChI=1S/C15H14F2O3/c1-19-10-4-6-14(20-2)11(8-10)15(18)9-3-5-12(16)13(17)7-9/h3-8,15,18H,1-2H3. The lowest BCUT2D eigenvalue weighted by Crippen LogP contribution is -2.04. The first-order chi connectivity index (χ1) is 9.56. The first kappa shape index (κ1) is 14.3. The Morgan fingerprint density at radius 3 is 2.30 bits per heavy atom. The third-order valence-corrected chi connectivity index (χ3v) is 2.99. The lowest BCUT2D eigenvalue weighted by molar-refractivity contribution is 0.213. The number of aliphatic hydroxyl groups excluding tert-OH is 1. The van der Waals surface area contributed by atoms with Gasteiger partial charge >= 0.3 is 0 Å². The average Bonchev–Trinajstić information content (AvgIpc) is 2.48. The van der Waals surface area contributed by atoms with E-state index in [9.17, 15) is 13.9 Å². The minimum absolute atomic E-state index is 0.232. The second-order valence-electron chi connectivity index (χ2n) is 4.18. The van der Waals surface area contributed by atoms with Crippen LogP contribution in [0.15, 0.2) is 36.4 Å². The third kappa shape index (κ3) is 2.72. The molecule has 0 fully saturated rings. The Labute approximate surface area is 115 Å². The molecule has 106 valence electrons. The molecule has 0 heterocycles. The molecule has 1 unspecified atom stereocenters. The van der Waals surface area contributed by atoms with Gasteiger partial charge in [-0.1, -0.05) is 6.07 Å². The highest BCUT2D eigenvalue weighted by Crippen LogP contribution is 2.33. The van der Waals surface area contributed by atoms with E-state index in [0.29, 0.717) is 17.1 Å². The average molecular weight is 280 g/mol. The molecule has 0 aliphatic rings. The van der Waals surface area contributed by atoms with Crippen molar-refractivity contribution in [3.63, 3.8) is 0 Å². The van der Waals surface area contributed by atoms with Crippen LogP contribution in [-0.2, 0) is 0 Å². The second-order valence-corrected chi connectivity index (χ2v) is 4.18. The van der Waals surface area contributed by atoms with E-state index in [1.165, 1.54) is 20.3 Å². The Bertz CT molecular complexity index is 614. The summed E-state index contributed by atoms with van der Waals surface area (Å²) in [5.41, 5.74) is 0.647. The van der Waals surface area contributed by atoms with Crippen molar-refractivity contribution in [1.29, 1.82) is 0 Å². The molecule has 3 nitrogen and oxygen atoms in total. The molecule has 2 aromatic rings. The van der Waals surface area contributed by atoms with Crippen molar-refractivity contribution >= 4 is 0 Å². The van der Waals surface area contributed by atoms with Crippen molar-refractivity contribution < 1.29 is 23.4 Å². The molecule has 1 atom stereocenters. The maximum absolute atomic E-state index is 13.2. The molecule has 2 rings (SSSR count). The van der Waals surface area contributed by atoms with E-state index >= 15 is 0 Å². The zero-order valence-electron chi connectivity index (χ0n) is 11.1. The van der Waals surface area contributed by atoms with E-state index in [0.717, 1.165) is 12.1 Å². The normalized spacial score (nSPS) is 12.1. The van der Waals surface area contributed by atoms with Crippen molar-refractivity contribution in [3.05, 3.63) is 59.2 Å². The number of hydrogen-bond acceptors (Lipinski definition) is 3. The fourth-order valence-electron chi connectivity index (χ4n) is 1.92. The van der Waals surface area contributed by atoms with E-state index in [1.54, 1.807) is 18.2 Å². The predicted molar refractivity (Wildman–Crippen MR) is 70.0 cm³/mol. The molecule has 0 amide bonds. The molecule has 0 aromatic heterocycles. The second kappa shape index (κ2) is 5.88. The molecular formula is C15H14F2O3. The minimum Gasteiger partial charge on any atom is -0.497 e. The van der Waals surface area contributed by atoms with Gasteiger partial charge in [-0.25, -0.2) is 8.78 Å². The van der Waals surface area contributed by atoms with Gasteiger partial charge in [-0.15, -0.1) is 0 Å². The minimum atomic E-state index is -1.14. The zero-order valence-corrected chi connectivity index (χ0v) is 11.1. The van der Waals surface area contributed by atoms with E-state index in [4.69, 9.17) is 9.47 Å². The summed E-state index contributed by atoms with van der Waals surface area (Å²) in [6, 6.07) is 8.16. The highest BCUT2D eigenvalue weighted by Gasteiger charge is 2.18. The predicted octanol–water partition coefficient (Wildman–Crippen LogP) is 3.06. The molecule has 0 saturated carbocycles. The lowest BCUT2D eigenvalue weighted by atomic mass is 10.00. The maximum atomic E-state index is 13.2. The van der Waals surface area contributed by atoms with Crippen LogP contribution >= 0.6 is 0 Å². The van der Waals surface area contributed by atoms with Crippen LogP contribution in [-0.4, -0.2) is 19.3 Å². The van der Waals surface area contributed by atoms with Gasteiger partial charge in [0.2, 0.25) is 0 Å². The number of ether oxygens (including phenoxy) is 2. The van der Waals surface area contributed by atoms with Crippen molar-refractivity contribution in [1.82, 2.24) is 0 Å². The van der Waals surface area contributed by atoms with E-state index in [-0.39, 0.29) is 5.56 Å². The van der Waals surface area contributed by atoms with Gasteiger partial charge in [-0.2, -0.15) is 0 Å². The van der Waals surface area contributed by atoms with Crippen LogP contribution in [0.5, 0.6) is 11.5 Å². The van der Waals surface area contributed by atoms with E-state index in [2.05, 4.69) is 0 Å². The molecule has 0 aliphatic carbocycles. The van der Waals surface area contributed by atoms with Crippen LogP contribution in [0.3, 0.4) is 0 Å². The summed E-state index contributed by atoms with van der Waals surface area (Å²) in [4.78, 5) is 0. The van der Waals surface area contributed by atoms with Gasteiger partial charge in [0.25, 0.3) is 0 Å². The monoisotopic (exact) mass is 280 g/mol. The fraction of sp³-hybridized carbons (Fsp3) is 0.200. The van der Waals surface area contributed by atoms with Crippen molar-refractivity contribution in [2.75, 3.05) is 14.2 Å². The Morgan fingerprint density at radius 1 is 0.950 bits per heavy atom. The molecule has 20 heavy (non-hydrogen) atoms. The van der Waals surface area contributed by atoms with Crippen LogP contribution in [0, 0.1) is 11.6 Å². The Hall–Kier alpha value is -2.14. The molecule has 1 N–H and O–H groups in total. The molecule has 0 saturated heterocycles. The summed E-state index contributed by atoms with van der Waals surface area (Å²) in [7, 11) is 2.96. The highest BCUT2D eigenvalue weighted by molar-refractivity contribution is 5.45. The number of aliphatic hydroxyl groups is 1. The lowest BCUT2D eigenvalue weighted by Gasteiger charge is -2.16. The summed E-state index contributed by atoms with van der Waals surface area (Å²) >= 11 is 0. The third-order valence-electron chi connectivity index (χ3n) is 2.99. The van der Waals surface area contributed by atoms with Gasteiger partial charge in [0.15, 0.2) is 11.6 Å². The summed E-state index contributed by atoms with van der Waals surface area (Å²) in [5, 5.41) is 10.3. The zero-order chi connectivity index (χ0) is 14.7. The van der Waals surface area contributed by atoms with Gasteiger partial charge in [0.1, 0.15) is 17.6 Å². The first-order valence-corrected chi connectivity index (χ1v) is 5.91. The Balaban J connectivity index is 2.45. The smallest absolute Gasteiger partial charge is 0.159 e. The van der Waals surface area contributed by atoms with Crippen LogP contribution in [0.25, 0.3) is 0 Å². The molecular weight excluding hydrogens is 266 g/mol. The molecule has 0 aliphatic heterocycles. The SMILES string of the molecule is COc1ccc(OC)c(C(O)c2ccc(F)c(F)c2)c1. The van der Waals surface area contributed by atoms with Crippen molar-refractivity contribution in [2.24, 2.45) is 0 Å². The van der Waals surface area contributed by atoms with Crippen LogP contribution in [0.4, 0.5) is 8.78 Å². The summed E-state index contributed by atoms with van der Waals surface area (Å²) in [5.74, 6) is -1.01. The highest BCUT2D eigenvalue weighted by atomic mass is 19.2. The maximum Gasteiger partial charge on any atom is 0.159 e. The number of halogens is 2. The largest absolute Gasteiger partial charge is 0.497 e. The summed E-state index contributed by atoms with van der Waals surface area (Å²) in [6.45, 7) is 0. The van der Waals surface area contributed by atoms with Gasteiger partial charge in [0, 0.05) is 5.56 Å². The van der Waals surface area contributed by atoms with Crippen LogP contribution < -0.4 is 9.47 Å². The number of methoxy groups -OCH3 is 2. The van der Waals surface area contributed by atoms with E-state index < -0.39 is 17.7 Å². The van der Waals surface area contributed by atoms with Crippen LogP contribution in [0.1, 0.15) is 17.2 Å². The molecule has 2 aromatic carbocycles. The number of hydrogen-bond donors (Lipinski definition) is 1. The quantitative estimate of drug-likeness (QED) is 0.935. The number of rotatable bonds is 4. The van der Waals surface area contributed by atoms with Gasteiger partial charge in [0.05, 0.1) is 14.2 Å². The molecule has 0 radical (unpaired) electrons. The molecule has 5 heteroatoms. The first-order valence-electron chi connectivity index (χ1n) is 5.91. The van der Waals surface area contributed by atoms with Gasteiger partial charge < -0.3 is 14.6 Å². The van der Waals surface area contributed by atoms with Crippen LogP contribution in [0.2, 0.25) is 0 Å². The topological polar surface area (TPSA) is 38.7 Å². The van der Waals surface area contributed by atoms with Gasteiger partial charge in [-0.05, 0) is 35.9 Å². The van der Waals surface area contributed by atoms with Crippen molar-refractivity contribution in [2.45, 2.75) is 6.10 Å². The Kier molecular flexibility index (Phi) is 4.20. The molecule has 0 bridgehead atoms. The molecule has 0 spiro atoms. The van der Waals surface area contributed by atoms with E-state index in [1.807, 2.05) is 0 Å².